The first-order chi connectivity index (χ1) is 9.52. The summed E-state index contributed by atoms with van der Waals surface area (Å²) in [6, 6.07) is 9.16. The fourth-order valence-electron chi connectivity index (χ4n) is 1.83. The highest BCUT2D eigenvalue weighted by Crippen LogP contribution is 2.30. The molecule has 0 fully saturated rings. The summed E-state index contributed by atoms with van der Waals surface area (Å²) >= 11 is 11.8. The first-order valence-electron chi connectivity index (χ1n) is 5.54. The van der Waals surface area contributed by atoms with E-state index in [0.29, 0.717) is 32.6 Å². The molecule has 0 radical (unpaired) electrons. The first kappa shape index (κ1) is 12.9. The van der Waals surface area contributed by atoms with E-state index in [-0.39, 0.29) is 5.69 Å². The minimum Gasteiger partial charge on any atom is -0.436 e. The van der Waals surface area contributed by atoms with Gasteiger partial charge in [-0.15, -0.1) is 0 Å². The molecule has 0 aliphatic carbocycles. The molecule has 0 saturated heterocycles. The van der Waals surface area contributed by atoms with Crippen LogP contribution in [0.15, 0.2) is 40.8 Å². The van der Waals surface area contributed by atoms with Crippen LogP contribution < -0.4 is 0 Å². The topological polar surface area (TPSA) is 69.2 Å². The van der Waals surface area contributed by atoms with E-state index in [0.717, 1.165) is 0 Å². The number of hydrogen-bond donors (Lipinski definition) is 0. The third-order valence-corrected chi connectivity index (χ3v) is 3.13. The minimum atomic E-state index is -0.488. The monoisotopic (exact) mass is 308 g/mol. The molecule has 0 atom stereocenters. The molecular formula is C13H6Cl2N2O3. The third kappa shape index (κ3) is 2.33. The third-order valence-electron chi connectivity index (χ3n) is 2.69. The molecule has 3 rings (SSSR count). The number of hydrogen-bond acceptors (Lipinski definition) is 4. The Balaban J connectivity index is 2.15. The standard InChI is InChI=1S/C13H6Cl2N2O3/c14-8-3-7(4-9(15)5-8)13-16-11-2-1-10(17(18)19)6-12(11)20-13/h1-6H. The maximum absolute atomic E-state index is 10.7. The summed E-state index contributed by atoms with van der Waals surface area (Å²) in [6.45, 7) is 0. The zero-order chi connectivity index (χ0) is 14.3. The summed E-state index contributed by atoms with van der Waals surface area (Å²) in [7, 11) is 0. The van der Waals surface area contributed by atoms with Crippen molar-refractivity contribution >= 4 is 40.0 Å². The van der Waals surface area contributed by atoms with Gasteiger partial charge in [-0.3, -0.25) is 10.1 Å². The molecule has 5 nitrogen and oxygen atoms in total. The van der Waals surface area contributed by atoms with Gasteiger partial charge in [0.25, 0.3) is 5.69 Å². The molecule has 7 heteroatoms. The summed E-state index contributed by atoms with van der Waals surface area (Å²) in [5.74, 6) is 0.310. The van der Waals surface area contributed by atoms with Crippen molar-refractivity contribution in [2.24, 2.45) is 0 Å². The number of nitro groups is 1. The molecule has 0 aliphatic heterocycles. The number of aromatic nitrogens is 1. The van der Waals surface area contributed by atoms with Crippen LogP contribution in [0.3, 0.4) is 0 Å². The van der Waals surface area contributed by atoms with Gasteiger partial charge in [0.2, 0.25) is 5.89 Å². The molecule has 0 N–H and O–H groups in total. The van der Waals surface area contributed by atoms with Gasteiger partial charge < -0.3 is 4.42 Å². The molecule has 3 aromatic rings. The van der Waals surface area contributed by atoms with Crippen LogP contribution in [-0.4, -0.2) is 9.91 Å². The van der Waals surface area contributed by atoms with Gasteiger partial charge in [-0.1, -0.05) is 23.2 Å². The normalized spacial score (nSPS) is 10.9. The van der Waals surface area contributed by atoms with Gasteiger partial charge in [-0.25, -0.2) is 4.98 Å². The zero-order valence-corrected chi connectivity index (χ0v) is 11.4. The quantitative estimate of drug-likeness (QED) is 0.508. The molecule has 0 bridgehead atoms. The molecular weight excluding hydrogens is 303 g/mol. The van der Waals surface area contributed by atoms with E-state index in [1.54, 1.807) is 18.2 Å². The van der Waals surface area contributed by atoms with Crippen molar-refractivity contribution in [1.82, 2.24) is 4.98 Å². The molecule has 2 aromatic carbocycles. The second kappa shape index (κ2) is 4.77. The maximum Gasteiger partial charge on any atom is 0.273 e. The van der Waals surface area contributed by atoms with E-state index in [1.165, 1.54) is 18.2 Å². The molecule has 0 unspecified atom stereocenters. The molecule has 0 amide bonds. The van der Waals surface area contributed by atoms with Crippen LogP contribution in [0.5, 0.6) is 0 Å². The number of rotatable bonds is 2. The summed E-state index contributed by atoms with van der Waals surface area (Å²) in [4.78, 5) is 14.5. The first-order valence-corrected chi connectivity index (χ1v) is 6.30. The van der Waals surface area contributed by atoms with Crippen molar-refractivity contribution in [2.75, 3.05) is 0 Å². The van der Waals surface area contributed by atoms with Crippen LogP contribution in [0, 0.1) is 10.1 Å². The van der Waals surface area contributed by atoms with Crippen molar-refractivity contribution in [3.63, 3.8) is 0 Å². The molecule has 0 saturated carbocycles. The lowest BCUT2D eigenvalue weighted by Gasteiger charge is -1.97. The van der Waals surface area contributed by atoms with Crippen LogP contribution >= 0.6 is 23.2 Å². The molecule has 0 aliphatic rings. The summed E-state index contributed by atoms with van der Waals surface area (Å²) < 4.78 is 5.52. The fraction of sp³-hybridized carbons (Fsp3) is 0. The maximum atomic E-state index is 10.7. The second-order valence-corrected chi connectivity index (χ2v) is 4.96. The fourth-order valence-corrected chi connectivity index (χ4v) is 2.35. The Morgan fingerprint density at radius 2 is 1.80 bits per heavy atom. The van der Waals surface area contributed by atoms with Crippen molar-refractivity contribution in [3.05, 3.63) is 56.6 Å². The highest BCUT2D eigenvalue weighted by Gasteiger charge is 2.13. The summed E-state index contributed by atoms with van der Waals surface area (Å²) in [6.07, 6.45) is 0. The number of non-ortho nitro benzene ring substituents is 1. The second-order valence-electron chi connectivity index (χ2n) is 4.09. The number of benzene rings is 2. The van der Waals surface area contributed by atoms with E-state index >= 15 is 0 Å². The Labute approximate surface area is 122 Å². The zero-order valence-electron chi connectivity index (χ0n) is 9.84. The van der Waals surface area contributed by atoms with Crippen molar-refractivity contribution in [3.8, 4) is 11.5 Å². The number of nitrogens with zero attached hydrogens (tertiary/aromatic N) is 2. The predicted octanol–water partition coefficient (Wildman–Crippen LogP) is 4.71. The van der Waals surface area contributed by atoms with E-state index in [2.05, 4.69) is 4.98 Å². The lowest BCUT2D eigenvalue weighted by Crippen LogP contribution is -1.86. The van der Waals surface area contributed by atoms with Gasteiger partial charge in [-0.2, -0.15) is 0 Å². The molecule has 1 aromatic heterocycles. The smallest absolute Gasteiger partial charge is 0.273 e. The SMILES string of the molecule is O=[N+]([O-])c1ccc2nc(-c3cc(Cl)cc(Cl)c3)oc2c1. The van der Waals surface area contributed by atoms with Crippen LogP contribution in [-0.2, 0) is 0 Å². The number of fused-ring (bicyclic) bond motifs is 1. The molecule has 0 spiro atoms. The van der Waals surface area contributed by atoms with Crippen molar-refractivity contribution < 1.29 is 9.34 Å². The number of nitro benzene ring substituents is 1. The Morgan fingerprint density at radius 1 is 1.10 bits per heavy atom. The number of oxazole rings is 1. The van der Waals surface area contributed by atoms with E-state index < -0.39 is 4.92 Å². The Kier molecular flexibility index (Phi) is 3.08. The highest BCUT2D eigenvalue weighted by molar-refractivity contribution is 6.35. The highest BCUT2D eigenvalue weighted by atomic mass is 35.5. The Hall–Kier alpha value is -2.11. The lowest BCUT2D eigenvalue weighted by molar-refractivity contribution is -0.384. The molecule has 1 heterocycles. The van der Waals surface area contributed by atoms with Gasteiger partial charge in [0, 0.05) is 21.7 Å². The van der Waals surface area contributed by atoms with Crippen LogP contribution in [0.4, 0.5) is 5.69 Å². The van der Waals surface area contributed by atoms with Crippen molar-refractivity contribution in [2.45, 2.75) is 0 Å². The van der Waals surface area contributed by atoms with Gasteiger partial charge in [0.05, 0.1) is 11.0 Å². The average molecular weight is 309 g/mol. The van der Waals surface area contributed by atoms with Crippen LogP contribution in [0.25, 0.3) is 22.6 Å². The predicted molar refractivity (Wildman–Crippen MR) is 76.1 cm³/mol. The number of halogens is 2. The average Bonchev–Trinajstić information content (AvgIpc) is 2.80. The largest absolute Gasteiger partial charge is 0.436 e. The van der Waals surface area contributed by atoms with Crippen LogP contribution in [0.2, 0.25) is 10.0 Å². The molecule has 20 heavy (non-hydrogen) atoms. The van der Waals surface area contributed by atoms with Gasteiger partial charge in [0.1, 0.15) is 5.52 Å². The van der Waals surface area contributed by atoms with Crippen LogP contribution in [0.1, 0.15) is 0 Å². The van der Waals surface area contributed by atoms with E-state index in [9.17, 15) is 10.1 Å². The Morgan fingerprint density at radius 3 is 2.45 bits per heavy atom. The molecule has 100 valence electrons. The summed E-state index contributed by atoms with van der Waals surface area (Å²) in [5.41, 5.74) is 1.43. The lowest BCUT2D eigenvalue weighted by atomic mass is 10.2. The van der Waals surface area contributed by atoms with Gasteiger partial charge in [-0.05, 0) is 24.3 Å². The summed E-state index contributed by atoms with van der Waals surface area (Å²) in [5, 5.41) is 11.6. The van der Waals surface area contributed by atoms with E-state index in [1.807, 2.05) is 0 Å². The van der Waals surface area contributed by atoms with Gasteiger partial charge in [0.15, 0.2) is 5.58 Å². The minimum absolute atomic E-state index is 0.0515. The van der Waals surface area contributed by atoms with E-state index in [4.69, 9.17) is 27.6 Å². The Bertz CT molecular complexity index is 809. The van der Waals surface area contributed by atoms with Crippen molar-refractivity contribution in [1.29, 1.82) is 0 Å². The van der Waals surface area contributed by atoms with Gasteiger partial charge >= 0.3 is 0 Å².